The molecule has 0 spiro atoms. The van der Waals surface area contributed by atoms with Crippen molar-refractivity contribution in [2.75, 3.05) is 9.80 Å². The first kappa shape index (κ1) is 29.3. The van der Waals surface area contributed by atoms with Crippen LogP contribution in [0.4, 0.5) is 11.4 Å². The molecule has 0 bridgehead atoms. The molecule has 0 aromatic heterocycles. The van der Waals surface area contributed by atoms with Crippen molar-refractivity contribution in [3.63, 3.8) is 0 Å². The molecule has 1 N–H and O–H groups in total. The van der Waals surface area contributed by atoms with Crippen LogP contribution < -0.4 is 9.80 Å². The van der Waals surface area contributed by atoms with Crippen LogP contribution in [0.1, 0.15) is 74.9 Å². The molecule has 0 aliphatic carbocycles. The maximum absolute atomic E-state index is 14.0. The van der Waals surface area contributed by atoms with Gasteiger partial charge in [-0.25, -0.2) is 0 Å². The quantitative estimate of drug-likeness (QED) is 0.312. The van der Waals surface area contributed by atoms with Crippen LogP contribution >= 0.6 is 11.6 Å². The van der Waals surface area contributed by atoms with Crippen molar-refractivity contribution in [2.45, 2.75) is 71.9 Å². The van der Waals surface area contributed by atoms with E-state index in [0.717, 1.165) is 22.5 Å². The summed E-state index contributed by atoms with van der Waals surface area (Å²) in [5.41, 5.74) is 3.11. The summed E-state index contributed by atoms with van der Waals surface area (Å²) < 4.78 is 0. The molecule has 2 atom stereocenters. The van der Waals surface area contributed by atoms with Gasteiger partial charge in [-0.15, -0.1) is 0 Å². The predicted octanol–water partition coefficient (Wildman–Crippen LogP) is 7.35. The minimum atomic E-state index is -0.821. The van der Waals surface area contributed by atoms with Crippen molar-refractivity contribution in [3.05, 3.63) is 94.5 Å². The van der Waals surface area contributed by atoms with E-state index in [1.165, 1.54) is 0 Å². The Kier molecular flexibility index (Phi) is 8.69. The number of halogens is 1. The zero-order chi connectivity index (χ0) is 29.2. The van der Waals surface area contributed by atoms with Crippen molar-refractivity contribution in [3.8, 4) is 0 Å². The van der Waals surface area contributed by atoms with Crippen molar-refractivity contribution >= 4 is 40.8 Å². The maximum Gasteiger partial charge on any atom is 0.309 e. The Labute approximate surface area is 241 Å². The fourth-order valence-electron chi connectivity index (χ4n) is 5.32. The number of hydrogen-bond donors (Lipinski definition) is 1. The molecule has 1 aliphatic rings. The lowest BCUT2D eigenvalue weighted by molar-refractivity contribution is -0.147. The second-order valence-electron chi connectivity index (χ2n) is 11.5. The zero-order valence-electron chi connectivity index (χ0n) is 23.7. The van der Waals surface area contributed by atoms with Gasteiger partial charge in [-0.1, -0.05) is 41.9 Å². The summed E-state index contributed by atoms with van der Waals surface area (Å²) in [6.45, 7) is 9.41. The van der Waals surface area contributed by atoms with Gasteiger partial charge in [0.1, 0.15) is 0 Å². The fourth-order valence-corrected chi connectivity index (χ4v) is 5.45. The lowest BCUT2D eigenvalue weighted by Gasteiger charge is -2.41. The Morgan fingerprint density at radius 3 is 2.23 bits per heavy atom. The second-order valence-corrected chi connectivity index (χ2v) is 12.0. The third-order valence-electron chi connectivity index (χ3n) is 7.78. The number of rotatable bonds is 8. The van der Waals surface area contributed by atoms with Gasteiger partial charge in [0.25, 0.3) is 5.91 Å². The van der Waals surface area contributed by atoms with Crippen molar-refractivity contribution in [1.82, 2.24) is 0 Å². The Morgan fingerprint density at radius 2 is 1.62 bits per heavy atom. The Balaban J connectivity index is 1.59. The van der Waals surface area contributed by atoms with Crippen molar-refractivity contribution in [2.24, 2.45) is 5.41 Å². The molecule has 1 heterocycles. The molecule has 40 heavy (non-hydrogen) atoms. The number of aliphatic carboxylic acids is 1. The minimum Gasteiger partial charge on any atom is -0.481 e. The minimum absolute atomic E-state index is 0.00245. The third-order valence-corrected chi connectivity index (χ3v) is 8.04. The number of fused-ring (bicyclic) bond motifs is 1. The number of para-hydroxylation sites is 1. The largest absolute Gasteiger partial charge is 0.481 e. The van der Waals surface area contributed by atoms with Gasteiger partial charge in [-0.05, 0) is 107 Å². The van der Waals surface area contributed by atoms with Gasteiger partial charge >= 0.3 is 5.97 Å². The third kappa shape index (κ3) is 6.07. The Hall–Kier alpha value is -3.64. The number of aryl methyl sites for hydroxylation is 1. The molecule has 4 rings (SSSR count). The van der Waals surface area contributed by atoms with E-state index in [-0.39, 0.29) is 23.9 Å². The van der Waals surface area contributed by atoms with Gasteiger partial charge in [-0.2, -0.15) is 0 Å². The molecule has 0 saturated heterocycles. The summed E-state index contributed by atoms with van der Waals surface area (Å²) in [5.74, 6) is -1.34. The number of nitrogens with zero attached hydrogens (tertiary/aromatic N) is 2. The highest BCUT2D eigenvalue weighted by Crippen LogP contribution is 2.41. The number of hydrogen-bond acceptors (Lipinski definition) is 3. The molecule has 7 heteroatoms. The number of carbonyl (C=O) groups excluding carboxylic acids is 2. The van der Waals surface area contributed by atoms with Crippen LogP contribution in [0.15, 0.2) is 72.8 Å². The van der Waals surface area contributed by atoms with E-state index in [4.69, 9.17) is 11.6 Å². The number of carboxylic acids is 1. The first-order chi connectivity index (χ1) is 18.9. The normalized spacial score (nSPS) is 16.9. The van der Waals surface area contributed by atoms with Crippen LogP contribution in [-0.2, 0) is 16.0 Å². The lowest BCUT2D eigenvalue weighted by Crippen LogP contribution is -2.48. The molecule has 1 aliphatic heterocycles. The molecular weight excluding hydrogens is 524 g/mol. The lowest BCUT2D eigenvalue weighted by atomic mass is 9.84. The summed E-state index contributed by atoms with van der Waals surface area (Å²) in [4.78, 5) is 42.9. The summed E-state index contributed by atoms with van der Waals surface area (Å²) in [6.07, 6.45) is 1.62. The molecule has 0 radical (unpaired) electrons. The van der Waals surface area contributed by atoms with Crippen LogP contribution in [0.3, 0.4) is 0 Å². The van der Waals surface area contributed by atoms with Crippen molar-refractivity contribution in [1.29, 1.82) is 0 Å². The van der Waals surface area contributed by atoms with Crippen LogP contribution in [0.2, 0.25) is 5.02 Å². The van der Waals surface area contributed by atoms with E-state index in [1.807, 2.05) is 74.2 Å². The maximum atomic E-state index is 14.0. The van der Waals surface area contributed by atoms with E-state index in [0.29, 0.717) is 29.8 Å². The molecule has 0 fully saturated rings. The van der Waals surface area contributed by atoms with Crippen LogP contribution in [0, 0.1) is 5.41 Å². The van der Waals surface area contributed by atoms with Crippen LogP contribution in [0.5, 0.6) is 0 Å². The van der Waals surface area contributed by atoms with E-state index in [2.05, 4.69) is 0 Å². The smallest absolute Gasteiger partial charge is 0.309 e. The Bertz CT molecular complexity index is 1380. The first-order valence-corrected chi connectivity index (χ1v) is 14.1. The molecule has 2 amide bonds. The highest BCUT2D eigenvalue weighted by Gasteiger charge is 2.39. The van der Waals surface area contributed by atoms with Crippen molar-refractivity contribution < 1.29 is 19.5 Å². The van der Waals surface area contributed by atoms with Gasteiger partial charge < -0.3 is 14.9 Å². The van der Waals surface area contributed by atoms with Crippen LogP contribution in [0.25, 0.3) is 0 Å². The van der Waals surface area contributed by atoms with Gasteiger partial charge in [0.05, 0.1) is 11.3 Å². The Morgan fingerprint density at radius 1 is 1.00 bits per heavy atom. The molecule has 210 valence electrons. The number of amides is 2. The summed E-state index contributed by atoms with van der Waals surface area (Å²) in [6, 6.07) is 22.1. The topological polar surface area (TPSA) is 77.9 Å². The number of carbonyl (C=O) groups is 3. The number of carboxylic acid groups (broad SMARTS) is 1. The fraction of sp³-hybridized carbons (Fsp3) is 0.364. The highest BCUT2D eigenvalue weighted by molar-refractivity contribution is 6.30. The average Bonchev–Trinajstić information content (AvgIpc) is 2.92. The monoisotopic (exact) mass is 560 g/mol. The number of anilines is 2. The van der Waals surface area contributed by atoms with E-state index >= 15 is 0 Å². The number of benzene rings is 3. The molecule has 3 aromatic carbocycles. The molecule has 3 aromatic rings. The van der Waals surface area contributed by atoms with E-state index in [9.17, 15) is 19.5 Å². The molecule has 6 nitrogen and oxygen atoms in total. The molecule has 0 unspecified atom stereocenters. The highest BCUT2D eigenvalue weighted by atomic mass is 35.5. The van der Waals surface area contributed by atoms with Crippen LogP contribution in [-0.4, -0.2) is 35.0 Å². The van der Waals surface area contributed by atoms with E-state index in [1.54, 1.807) is 43.0 Å². The predicted molar refractivity (Wildman–Crippen MR) is 160 cm³/mol. The summed E-state index contributed by atoms with van der Waals surface area (Å²) >= 11 is 6.10. The van der Waals surface area contributed by atoms with Gasteiger partial charge in [0, 0.05) is 34.0 Å². The molecular formula is C33H37ClN2O4. The SMILES string of the molecule is CC(C)N(C(=O)[C@H]1C[C@H](C)N(C(=O)c2ccc(CCC(C)(C)C(=O)O)cc2)c2ccccc21)c1ccc(Cl)cc1. The van der Waals surface area contributed by atoms with Gasteiger partial charge in [0.2, 0.25) is 5.91 Å². The zero-order valence-corrected chi connectivity index (χ0v) is 24.5. The standard InChI is InChI=1S/C33H37ClN2O4/c1-21(2)35(26-16-14-25(34)15-17-26)31(38)28-20-22(3)36(29-9-7-6-8-27(28)29)30(37)24-12-10-23(11-13-24)18-19-33(4,5)32(39)40/h6-17,21-22,28H,18-20H2,1-5H3,(H,39,40)/t22-,28-/m0/s1. The van der Waals surface area contributed by atoms with Gasteiger partial charge in [-0.3, -0.25) is 14.4 Å². The summed E-state index contributed by atoms with van der Waals surface area (Å²) in [7, 11) is 0. The average molecular weight is 561 g/mol. The van der Waals surface area contributed by atoms with E-state index < -0.39 is 17.3 Å². The summed E-state index contributed by atoms with van der Waals surface area (Å²) in [5, 5.41) is 10.00. The second kappa shape index (κ2) is 11.8. The molecule has 0 saturated carbocycles. The first-order valence-electron chi connectivity index (χ1n) is 13.7. The van der Waals surface area contributed by atoms with Gasteiger partial charge in [0.15, 0.2) is 0 Å².